The van der Waals surface area contributed by atoms with Crippen molar-refractivity contribution < 1.29 is 18.7 Å². The lowest BCUT2D eigenvalue weighted by Crippen LogP contribution is -2.41. The topological polar surface area (TPSA) is 70.7 Å². The lowest BCUT2D eigenvalue weighted by molar-refractivity contribution is -0.123. The number of halogens is 1. The average molecular weight is 387 g/mol. The molecule has 2 rings (SSSR count). The van der Waals surface area contributed by atoms with Gasteiger partial charge in [-0.15, -0.1) is 0 Å². The van der Waals surface area contributed by atoms with E-state index in [1.54, 1.807) is 48.4 Å². The first-order chi connectivity index (χ1) is 13.4. The molecule has 0 fully saturated rings. The van der Waals surface area contributed by atoms with Gasteiger partial charge in [-0.05, 0) is 43.3 Å². The second-order valence-corrected chi connectivity index (χ2v) is 6.42. The highest BCUT2D eigenvalue weighted by Crippen LogP contribution is 2.16. The fraction of sp³-hybridized carbons (Fsp3) is 0.333. The van der Waals surface area contributed by atoms with E-state index in [-0.39, 0.29) is 36.8 Å². The summed E-state index contributed by atoms with van der Waals surface area (Å²) in [4.78, 5) is 26.3. The number of ether oxygens (including phenoxy) is 1. The number of carbonyl (C=O) groups excluding carboxylic acids is 2. The molecule has 0 aliphatic carbocycles. The first-order valence-corrected chi connectivity index (χ1v) is 9.12. The number of amides is 2. The number of methoxy groups -OCH3 is 1. The van der Waals surface area contributed by atoms with E-state index in [4.69, 9.17) is 4.74 Å². The number of nitrogens with one attached hydrogen (secondary N) is 2. The van der Waals surface area contributed by atoms with Crippen LogP contribution in [0.3, 0.4) is 0 Å². The van der Waals surface area contributed by atoms with Crippen LogP contribution in [0.2, 0.25) is 0 Å². The Morgan fingerprint density at radius 2 is 1.79 bits per heavy atom. The molecular formula is C21H26FN3O3. The van der Waals surface area contributed by atoms with E-state index in [2.05, 4.69) is 10.6 Å². The molecule has 1 atom stereocenters. The molecule has 0 aliphatic rings. The van der Waals surface area contributed by atoms with Crippen molar-refractivity contribution in [2.24, 2.45) is 0 Å². The molecule has 0 aromatic heterocycles. The third kappa shape index (κ3) is 6.66. The molecule has 150 valence electrons. The smallest absolute Gasteiger partial charge is 0.238 e. The van der Waals surface area contributed by atoms with Crippen LogP contribution in [0.5, 0.6) is 5.75 Å². The zero-order chi connectivity index (χ0) is 20.5. The SMILES string of the molecule is CCN(CC(=O)Nc1cccc(OC)c1)CC(=O)NC(C)c1ccc(F)cc1. The Bertz CT molecular complexity index is 796. The highest BCUT2D eigenvalue weighted by molar-refractivity contribution is 5.92. The van der Waals surface area contributed by atoms with Gasteiger partial charge < -0.3 is 15.4 Å². The van der Waals surface area contributed by atoms with E-state index in [1.807, 2.05) is 13.8 Å². The average Bonchev–Trinajstić information content (AvgIpc) is 2.67. The maximum absolute atomic E-state index is 13.0. The molecule has 0 saturated carbocycles. The van der Waals surface area contributed by atoms with E-state index in [1.165, 1.54) is 12.1 Å². The van der Waals surface area contributed by atoms with E-state index < -0.39 is 0 Å². The van der Waals surface area contributed by atoms with Gasteiger partial charge in [-0.2, -0.15) is 0 Å². The molecule has 2 aromatic carbocycles. The molecule has 6 nitrogen and oxygen atoms in total. The standard InChI is InChI=1S/C21H26FN3O3/c1-4-25(14-21(27)24-18-6-5-7-19(12-18)28-3)13-20(26)23-15(2)16-8-10-17(22)11-9-16/h5-12,15H,4,13-14H2,1-3H3,(H,23,26)(H,24,27). The summed E-state index contributed by atoms with van der Waals surface area (Å²) in [5, 5.41) is 5.67. The van der Waals surface area contributed by atoms with Crippen LogP contribution in [0.25, 0.3) is 0 Å². The minimum absolute atomic E-state index is 0.0893. The van der Waals surface area contributed by atoms with Crippen LogP contribution >= 0.6 is 0 Å². The second kappa shape index (κ2) is 10.4. The van der Waals surface area contributed by atoms with Crippen LogP contribution in [0.1, 0.15) is 25.5 Å². The molecule has 0 heterocycles. The quantitative estimate of drug-likeness (QED) is 0.694. The van der Waals surface area contributed by atoms with Gasteiger partial charge in [-0.1, -0.05) is 25.1 Å². The van der Waals surface area contributed by atoms with Crippen LogP contribution in [-0.2, 0) is 9.59 Å². The largest absolute Gasteiger partial charge is 0.497 e. The van der Waals surface area contributed by atoms with Crippen LogP contribution in [0.4, 0.5) is 10.1 Å². The minimum Gasteiger partial charge on any atom is -0.497 e. The fourth-order valence-electron chi connectivity index (χ4n) is 2.71. The molecule has 0 saturated heterocycles. The molecule has 0 bridgehead atoms. The van der Waals surface area contributed by atoms with Gasteiger partial charge in [0.25, 0.3) is 0 Å². The summed E-state index contributed by atoms with van der Waals surface area (Å²) in [6, 6.07) is 12.8. The maximum atomic E-state index is 13.0. The number of hydrogen-bond donors (Lipinski definition) is 2. The summed E-state index contributed by atoms with van der Waals surface area (Å²) >= 11 is 0. The third-order valence-corrected chi connectivity index (χ3v) is 4.28. The Labute approximate surface area is 164 Å². The van der Waals surface area contributed by atoms with E-state index >= 15 is 0 Å². The summed E-state index contributed by atoms with van der Waals surface area (Å²) in [5.41, 5.74) is 1.45. The Balaban J connectivity index is 1.85. The van der Waals surface area contributed by atoms with E-state index in [0.29, 0.717) is 18.0 Å². The highest BCUT2D eigenvalue weighted by Gasteiger charge is 2.16. The minimum atomic E-state index is -0.318. The van der Waals surface area contributed by atoms with Crippen LogP contribution in [0.15, 0.2) is 48.5 Å². The van der Waals surface area contributed by atoms with Crippen molar-refractivity contribution in [3.8, 4) is 5.75 Å². The van der Waals surface area contributed by atoms with Crippen LogP contribution in [0, 0.1) is 5.82 Å². The fourth-order valence-corrected chi connectivity index (χ4v) is 2.71. The summed E-state index contributed by atoms with van der Waals surface area (Å²) in [7, 11) is 1.56. The number of likely N-dealkylation sites (N-methyl/N-ethyl adjacent to an activating group) is 1. The molecule has 0 aliphatic heterocycles. The number of anilines is 1. The molecule has 0 radical (unpaired) electrons. The van der Waals surface area contributed by atoms with Gasteiger partial charge in [-0.25, -0.2) is 4.39 Å². The van der Waals surface area contributed by atoms with Crippen LogP contribution < -0.4 is 15.4 Å². The van der Waals surface area contributed by atoms with Crippen molar-refractivity contribution >= 4 is 17.5 Å². The number of carbonyl (C=O) groups is 2. The van der Waals surface area contributed by atoms with Crippen LogP contribution in [-0.4, -0.2) is 43.5 Å². The van der Waals surface area contributed by atoms with Gasteiger partial charge in [0, 0.05) is 11.8 Å². The molecule has 2 amide bonds. The van der Waals surface area contributed by atoms with Crippen molar-refractivity contribution in [1.29, 1.82) is 0 Å². The summed E-state index contributed by atoms with van der Waals surface area (Å²) in [6.45, 7) is 4.44. The molecular weight excluding hydrogens is 361 g/mol. The van der Waals surface area contributed by atoms with Gasteiger partial charge >= 0.3 is 0 Å². The van der Waals surface area contributed by atoms with Gasteiger partial charge in [0.15, 0.2) is 0 Å². The molecule has 7 heteroatoms. The normalized spacial score (nSPS) is 11.8. The first kappa shape index (κ1) is 21.4. The Hall–Kier alpha value is -2.93. The number of benzene rings is 2. The third-order valence-electron chi connectivity index (χ3n) is 4.28. The summed E-state index contributed by atoms with van der Waals surface area (Å²) < 4.78 is 18.1. The van der Waals surface area contributed by atoms with E-state index in [9.17, 15) is 14.0 Å². The summed E-state index contributed by atoms with van der Waals surface area (Å²) in [6.07, 6.45) is 0. The molecule has 0 spiro atoms. The van der Waals surface area contributed by atoms with Crippen molar-refractivity contribution in [3.05, 3.63) is 59.9 Å². The van der Waals surface area contributed by atoms with Gasteiger partial charge in [0.2, 0.25) is 11.8 Å². The second-order valence-electron chi connectivity index (χ2n) is 6.42. The summed E-state index contributed by atoms with van der Waals surface area (Å²) in [5.74, 6) is -0.0804. The maximum Gasteiger partial charge on any atom is 0.238 e. The molecule has 2 aromatic rings. The molecule has 28 heavy (non-hydrogen) atoms. The Morgan fingerprint density at radius 3 is 2.43 bits per heavy atom. The lowest BCUT2D eigenvalue weighted by atomic mass is 10.1. The Morgan fingerprint density at radius 1 is 1.11 bits per heavy atom. The predicted molar refractivity (Wildman–Crippen MR) is 107 cm³/mol. The molecule has 2 N–H and O–H groups in total. The monoisotopic (exact) mass is 387 g/mol. The number of nitrogens with zero attached hydrogens (tertiary/aromatic N) is 1. The van der Waals surface area contributed by atoms with Crippen molar-refractivity contribution in [2.75, 3.05) is 32.1 Å². The van der Waals surface area contributed by atoms with E-state index in [0.717, 1.165) is 5.56 Å². The highest BCUT2D eigenvalue weighted by atomic mass is 19.1. The van der Waals surface area contributed by atoms with Crippen molar-refractivity contribution in [3.63, 3.8) is 0 Å². The predicted octanol–water partition coefficient (Wildman–Crippen LogP) is 2.97. The first-order valence-electron chi connectivity index (χ1n) is 9.12. The molecule has 1 unspecified atom stereocenters. The number of rotatable bonds is 9. The zero-order valence-corrected chi connectivity index (χ0v) is 16.4. The van der Waals surface area contributed by atoms with Crippen molar-refractivity contribution in [2.45, 2.75) is 19.9 Å². The van der Waals surface area contributed by atoms with Gasteiger partial charge in [0.1, 0.15) is 11.6 Å². The number of hydrogen-bond acceptors (Lipinski definition) is 4. The van der Waals surface area contributed by atoms with Crippen molar-refractivity contribution in [1.82, 2.24) is 10.2 Å². The van der Waals surface area contributed by atoms with Gasteiger partial charge in [0.05, 0.1) is 26.2 Å². The van der Waals surface area contributed by atoms with Gasteiger partial charge in [-0.3, -0.25) is 14.5 Å². The lowest BCUT2D eigenvalue weighted by Gasteiger charge is -2.21. The zero-order valence-electron chi connectivity index (χ0n) is 16.4. The Kier molecular flexibility index (Phi) is 7.95.